The summed E-state index contributed by atoms with van der Waals surface area (Å²) in [5.41, 5.74) is 3.44. The number of halogens is 1. The number of carboxylic acid groups (broad SMARTS) is 1. The average molecular weight is 586 g/mol. The number of nitrogens with zero attached hydrogens (tertiary/aromatic N) is 1. The molecule has 2 N–H and O–H groups in total. The van der Waals surface area contributed by atoms with Gasteiger partial charge in [-0.05, 0) is 78.8 Å². The SMILES string of the molecule is COc1ccccc1C(=O)NCCO/N=C1\C[C@H]2[C@](C)(C(=O)O)CCC[C@]2(C)c2cc(Br)c(C(C)C)cc21. The van der Waals surface area contributed by atoms with Crippen molar-refractivity contribution in [1.29, 1.82) is 0 Å². The summed E-state index contributed by atoms with van der Waals surface area (Å²) in [5.74, 6) is -0.298. The van der Waals surface area contributed by atoms with Crippen LogP contribution in [0.2, 0.25) is 0 Å². The molecule has 0 heterocycles. The van der Waals surface area contributed by atoms with Gasteiger partial charge in [0.05, 0.1) is 30.3 Å². The second-order valence-corrected chi connectivity index (χ2v) is 12.0. The largest absolute Gasteiger partial charge is 0.496 e. The average Bonchev–Trinajstić information content (AvgIpc) is 2.88. The van der Waals surface area contributed by atoms with E-state index in [1.54, 1.807) is 18.2 Å². The molecule has 4 rings (SSSR count). The Labute approximate surface area is 233 Å². The standard InChI is InChI=1S/C30H37BrN2O5/c1-18(2)20-15-21-22(16-23(20)31)29(3)11-8-12-30(4,28(35)36)26(29)17-24(21)33-38-14-13-32-27(34)19-9-6-7-10-25(19)37-5/h6-7,9-10,15-16,18,26H,8,11-14,17H2,1-5H3,(H,32,34)(H,35,36)/b33-24+/t26-,29-,30-/m1/s1. The molecule has 2 aromatic rings. The molecule has 0 bridgehead atoms. The van der Waals surface area contributed by atoms with Crippen molar-refractivity contribution in [2.45, 2.75) is 64.7 Å². The van der Waals surface area contributed by atoms with E-state index in [1.807, 2.05) is 13.0 Å². The summed E-state index contributed by atoms with van der Waals surface area (Å²) in [4.78, 5) is 30.8. The lowest BCUT2D eigenvalue weighted by Crippen LogP contribution is -2.53. The van der Waals surface area contributed by atoms with E-state index < -0.39 is 11.4 Å². The Balaban J connectivity index is 1.59. The minimum absolute atomic E-state index is 0.113. The molecule has 2 aromatic carbocycles. The quantitative estimate of drug-likeness (QED) is 0.281. The number of aliphatic carboxylic acids is 1. The highest BCUT2D eigenvalue weighted by Crippen LogP contribution is 2.58. The van der Waals surface area contributed by atoms with Gasteiger partial charge in [0.15, 0.2) is 0 Å². The summed E-state index contributed by atoms with van der Waals surface area (Å²) >= 11 is 3.77. The molecule has 0 spiro atoms. The van der Waals surface area contributed by atoms with Crippen molar-refractivity contribution in [3.05, 3.63) is 63.1 Å². The van der Waals surface area contributed by atoms with Gasteiger partial charge in [0.2, 0.25) is 0 Å². The van der Waals surface area contributed by atoms with Gasteiger partial charge in [0.25, 0.3) is 5.91 Å². The Kier molecular flexibility index (Phi) is 8.21. The zero-order chi connectivity index (χ0) is 27.7. The van der Waals surface area contributed by atoms with Crippen molar-refractivity contribution < 1.29 is 24.3 Å². The Morgan fingerprint density at radius 3 is 2.63 bits per heavy atom. The molecule has 8 heteroatoms. The zero-order valence-electron chi connectivity index (χ0n) is 22.8. The Morgan fingerprint density at radius 1 is 1.21 bits per heavy atom. The monoisotopic (exact) mass is 584 g/mol. The number of hydrogen-bond acceptors (Lipinski definition) is 5. The first-order valence-electron chi connectivity index (χ1n) is 13.2. The van der Waals surface area contributed by atoms with Crippen LogP contribution < -0.4 is 10.1 Å². The molecule has 3 atom stereocenters. The van der Waals surface area contributed by atoms with E-state index in [0.29, 0.717) is 30.1 Å². The molecular formula is C30H37BrN2O5. The van der Waals surface area contributed by atoms with E-state index in [0.717, 1.165) is 34.2 Å². The number of amides is 1. The van der Waals surface area contributed by atoms with Crippen LogP contribution in [0.1, 0.15) is 86.3 Å². The molecule has 1 fully saturated rings. The van der Waals surface area contributed by atoms with Crippen LogP contribution >= 0.6 is 15.9 Å². The lowest BCUT2D eigenvalue weighted by molar-refractivity contribution is -0.156. The molecule has 0 unspecified atom stereocenters. The maximum atomic E-state index is 12.6. The van der Waals surface area contributed by atoms with Gasteiger partial charge in [-0.2, -0.15) is 0 Å². The van der Waals surface area contributed by atoms with Crippen LogP contribution in [0.15, 0.2) is 46.0 Å². The molecule has 0 radical (unpaired) electrons. The van der Waals surface area contributed by atoms with Gasteiger partial charge in [0, 0.05) is 10.0 Å². The van der Waals surface area contributed by atoms with Crippen LogP contribution in [-0.4, -0.2) is 43.0 Å². The summed E-state index contributed by atoms with van der Waals surface area (Å²) in [6.07, 6.45) is 2.98. The number of carboxylic acids is 1. The number of nitrogens with one attached hydrogen (secondary N) is 1. The number of fused-ring (bicyclic) bond motifs is 3. The molecule has 1 amide bonds. The molecular weight excluding hydrogens is 548 g/mol. The summed E-state index contributed by atoms with van der Waals surface area (Å²) in [5, 5.41) is 17.6. The Morgan fingerprint density at radius 2 is 1.95 bits per heavy atom. The van der Waals surface area contributed by atoms with E-state index in [4.69, 9.17) is 9.57 Å². The number of carbonyl (C=O) groups is 2. The molecule has 2 aliphatic carbocycles. The Hall–Kier alpha value is -2.87. The van der Waals surface area contributed by atoms with Crippen LogP contribution in [0.5, 0.6) is 5.75 Å². The van der Waals surface area contributed by atoms with Gasteiger partial charge in [-0.3, -0.25) is 9.59 Å². The molecule has 204 valence electrons. The number of ether oxygens (including phenoxy) is 1. The number of carbonyl (C=O) groups excluding carboxylic acids is 1. The van der Waals surface area contributed by atoms with Crippen molar-refractivity contribution in [3.63, 3.8) is 0 Å². The summed E-state index contributed by atoms with van der Waals surface area (Å²) in [6.45, 7) is 8.85. The van der Waals surface area contributed by atoms with E-state index in [2.05, 4.69) is 59.3 Å². The molecule has 0 saturated heterocycles. The van der Waals surface area contributed by atoms with Crippen molar-refractivity contribution in [3.8, 4) is 5.75 Å². The highest BCUT2D eigenvalue weighted by Gasteiger charge is 2.56. The second-order valence-electron chi connectivity index (χ2n) is 11.2. The first-order valence-corrected chi connectivity index (χ1v) is 14.0. The van der Waals surface area contributed by atoms with Crippen LogP contribution in [0.4, 0.5) is 0 Å². The topological polar surface area (TPSA) is 97.2 Å². The summed E-state index contributed by atoms with van der Waals surface area (Å²) in [6, 6.07) is 11.4. The predicted molar refractivity (Wildman–Crippen MR) is 151 cm³/mol. The van der Waals surface area contributed by atoms with Gasteiger partial charge in [-0.25, -0.2) is 0 Å². The van der Waals surface area contributed by atoms with Gasteiger partial charge in [-0.1, -0.05) is 60.4 Å². The van der Waals surface area contributed by atoms with E-state index >= 15 is 0 Å². The minimum atomic E-state index is -0.850. The van der Waals surface area contributed by atoms with E-state index in [1.165, 1.54) is 12.7 Å². The molecule has 2 aliphatic rings. The first-order chi connectivity index (χ1) is 18.0. The van der Waals surface area contributed by atoms with E-state index in [9.17, 15) is 14.7 Å². The molecule has 7 nitrogen and oxygen atoms in total. The third kappa shape index (κ3) is 5.07. The second kappa shape index (κ2) is 11.1. The fourth-order valence-corrected chi connectivity index (χ4v) is 7.10. The molecule has 38 heavy (non-hydrogen) atoms. The van der Waals surface area contributed by atoms with Gasteiger partial charge in [0.1, 0.15) is 12.4 Å². The summed E-state index contributed by atoms with van der Waals surface area (Å²) < 4.78 is 6.30. The summed E-state index contributed by atoms with van der Waals surface area (Å²) in [7, 11) is 1.53. The van der Waals surface area contributed by atoms with Gasteiger partial charge >= 0.3 is 5.97 Å². The number of hydrogen-bond donors (Lipinski definition) is 2. The van der Waals surface area contributed by atoms with E-state index in [-0.39, 0.29) is 30.4 Å². The normalized spacial score (nSPS) is 25.4. The smallest absolute Gasteiger partial charge is 0.309 e. The minimum Gasteiger partial charge on any atom is -0.496 e. The van der Waals surface area contributed by atoms with Crippen LogP contribution in [0.3, 0.4) is 0 Å². The van der Waals surface area contributed by atoms with Crippen molar-refractivity contribution in [1.82, 2.24) is 5.32 Å². The number of methoxy groups -OCH3 is 1. The highest BCUT2D eigenvalue weighted by molar-refractivity contribution is 9.10. The number of oxime groups is 1. The molecule has 0 aliphatic heterocycles. The maximum Gasteiger partial charge on any atom is 0.309 e. The lowest BCUT2D eigenvalue weighted by Gasteiger charge is -2.53. The van der Waals surface area contributed by atoms with Crippen LogP contribution in [0, 0.1) is 11.3 Å². The van der Waals surface area contributed by atoms with Crippen molar-refractivity contribution in [2.75, 3.05) is 20.3 Å². The van der Waals surface area contributed by atoms with Crippen LogP contribution in [-0.2, 0) is 15.0 Å². The molecule has 0 aromatic heterocycles. The molecule has 1 saturated carbocycles. The third-order valence-electron chi connectivity index (χ3n) is 8.51. The van der Waals surface area contributed by atoms with Gasteiger partial charge in [-0.15, -0.1) is 0 Å². The third-order valence-corrected chi connectivity index (χ3v) is 9.19. The number of para-hydroxylation sites is 1. The fraction of sp³-hybridized carbons (Fsp3) is 0.500. The van der Waals surface area contributed by atoms with Gasteiger partial charge < -0.3 is 20.0 Å². The number of benzene rings is 2. The highest BCUT2D eigenvalue weighted by atomic mass is 79.9. The number of rotatable bonds is 8. The fourth-order valence-electron chi connectivity index (χ4n) is 6.30. The van der Waals surface area contributed by atoms with Crippen molar-refractivity contribution >= 4 is 33.5 Å². The van der Waals surface area contributed by atoms with Crippen molar-refractivity contribution in [2.24, 2.45) is 16.5 Å². The van der Waals surface area contributed by atoms with Crippen LogP contribution in [0.25, 0.3) is 0 Å². The zero-order valence-corrected chi connectivity index (χ0v) is 24.4. The lowest BCUT2D eigenvalue weighted by atomic mass is 9.49. The predicted octanol–water partition coefficient (Wildman–Crippen LogP) is 6.28. The maximum absolute atomic E-state index is 12.6. The first kappa shape index (κ1) is 28.1. The Bertz CT molecular complexity index is 1260.